The first-order chi connectivity index (χ1) is 11.1. The predicted octanol–water partition coefficient (Wildman–Crippen LogP) is 2.83. The Hall–Kier alpha value is -2.15. The molecular formula is C16H19FN4OS. The first-order valence-electron chi connectivity index (χ1n) is 7.23. The van der Waals surface area contributed by atoms with Gasteiger partial charge < -0.3 is 9.88 Å². The molecule has 0 bridgehead atoms. The first kappa shape index (κ1) is 17.2. The Bertz CT molecular complexity index is 669. The first-order valence-corrected chi connectivity index (χ1v) is 8.22. The minimum atomic E-state index is -0.244. The number of nitrogens with zero attached hydrogens (tertiary/aromatic N) is 3. The lowest BCUT2D eigenvalue weighted by molar-refractivity contribution is -0.121. The number of halogens is 1. The molecule has 0 spiro atoms. The van der Waals surface area contributed by atoms with E-state index in [2.05, 4.69) is 22.1 Å². The van der Waals surface area contributed by atoms with Crippen LogP contribution in [0.15, 0.2) is 42.1 Å². The van der Waals surface area contributed by atoms with Crippen molar-refractivity contribution in [2.75, 3.05) is 0 Å². The van der Waals surface area contributed by atoms with Crippen LogP contribution in [0, 0.1) is 5.82 Å². The van der Waals surface area contributed by atoms with Crippen molar-refractivity contribution in [3.8, 4) is 0 Å². The molecule has 122 valence electrons. The molecule has 1 heterocycles. The van der Waals surface area contributed by atoms with Crippen LogP contribution in [0.25, 0.3) is 0 Å². The van der Waals surface area contributed by atoms with Gasteiger partial charge in [0.25, 0.3) is 0 Å². The van der Waals surface area contributed by atoms with Gasteiger partial charge >= 0.3 is 0 Å². The number of rotatable bonds is 8. The van der Waals surface area contributed by atoms with E-state index in [4.69, 9.17) is 0 Å². The van der Waals surface area contributed by atoms with Crippen LogP contribution in [0.4, 0.5) is 4.39 Å². The summed E-state index contributed by atoms with van der Waals surface area (Å²) in [4.78, 5) is 11.6. The summed E-state index contributed by atoms with van der Waals surface area (Å²) in [5.74, 6) is 1.09. The summed E-state index contributed by atoms with van der Waals surface area (Å²) in [6.45, 7) is 3.93. The number of aromatic nitrogens is 3. The highest BCUT2D eigenvalue weighted by Crippen LogP contribution is 2.21. The van der Waals surface area contributed by atoms with Crippen molar-refractivity contribution < 1.29 is 9.18 Å². The van der Waals surface area contributed by atoms with E-state index < -0.39 is 0 Å². The number of carbonyl (C=O) groups excluding carboxylic acids is 1. The fourth-order valence-electron chi connectivity index (χ4n) is 1.85. The Morgan fingerprint density at radius 1 is 1.39 bits per heavy atom. The summed E-state index contributed by atoms with van der Waals surface area (Å²) in [5, 5.41) is 11.8. The van der Waals surface area contributed by atoms with Gasteiger partial charge in [0.05, 0.1) is 6.54 Å². The number of thioether (sulfide) groups is 1. The zero-order valence-electron chi connectivity index (χ0n) is 13.0. The maximum atomic E-state index is 12.9. The highest BCUT2D eigenvalue weighted by Gasteiger charge is 2.10. The molecule has 0 atom stereocenters. The molecule has 0 aliphatic rings. The SMILES string of the molecule is C=CCCC(=O)NCc1nnc(SCc2ccc(F)cc2)n1C. The quantitative estimate of drug-likeness (QED) is 0.596. The molecule has 23 heavy (non-hydrogen) atoms. The minimum absolute atomic E-state index is 0.0339. The third kappa shape index (κ3) is 5.21. The number of hydrogen-bond acceptors (Lipinski definition) is 4. The van der Waals surface area contributed by atoms with Crippen LogP contribution >= 0.6 is 11.8 Å². The van der Waals surface area contributed by atoms with Gasteiger partial charge in [0, 0.05) is 19.2 Å². The molecule has 2 aromatic rings. The van der Waals surface area contributed by atoms with Gasteiger partial charge in [-0.1, -0.05) is 30.0 Å². The van der Waals surface area contributed by atoms with E-state index in [1.165, 1.54) is 23.9 Å². The van der Waals surface area contributed by atoms with E-state index >= 15 is 0 Å². The molecule has 7 heteroatoms. The van der Waals surface area contributed by atoms with Gasteiger partial charge in [-0.25, -0.2) is 4.39 Å². The van der Waals surface area contributed by atoms with Gasteiger partial charge in [0.2, 0.25) is 5.91 Å². The summed E-state index contributed by atoms with van der Waals surface area (Å²) in [6.07, 6.45) is 2.79. The average Bonchev–Trinajstić information content (AvgIpc) is 2.90. The van der Waals surface area contributed by atoms with Gasteiger partial charge in [-0.2, -0.15) is 0 Å². The molecule has 0 aliphatic heterocycles. The Labute approximate surface area is 139 Å². The van der Waals surface area contributed by atoms with Gasteiger partial charge in [-0.3, -0.25) is 4.79 Å². The third-order valence-electron chi connectivity index (χ3n) is 3.23. The average molecular weight is 334 g/mol. The van der Waals surface area contributed by atoms with Gasteiger partial charge in [0.1, 0.15) is 5.82 Å². The molecule has 1 N–H and O–H groups in total. The molecule has 5 nitrogen and oxygen atoms in total. The molecule has 0 fully saturated rings. The van der Waals surface area contributed by atoms with Crippen molar-refractivity contribution in [1.29, 1.82) is 0 Å². The molecule has 0 saturated carbocycles. The topological polar surface area (TPSA) is 59.8 Å². The monoisotopic (exact) mass is 334 g/mol. The van der Waals surface area contributed by atoms with Crippen LogP contribution in [0.1, 0.15) is 24.2 Å². The number of hydrogen-bond donors (Lipinski definition) is 1. The smallest absolute Gasteiger partial charge is 0.220 e. The Balaban J connectivity index is 1.87. The second-order valence-corrected chi connectivity index (χ2v) is 5.92. The zero-order chi connectivity index (χ0) is 16.7. The minimum Gasteiger partial charge on any atom is -0.349 e. The molecule has 1 amide bonds. The van der Waals surface area contributed by atoms with Crippen LogP contribution < -0.4 is 5.32 Å². The van der Waals surface area contributed by atoms with E-state index in [0.29, 0.717) is 31.0 Å². The van der Waals surface area contributed by atoms with Crippen LogP contribution in [0.5, 0.6) is 0 Å². The summed E-state index contributed by atoms with van der Waals surface area (Å²) in [6, 6.07) is 6.38. The fraction of sp³-hybridized carbons (Fsp3) is 0.312. The highest BCUT2D eigenvalue weighted by molar-refractivity contribution is 7.98. The second-order valence-electron chi connectivity index (χ2n) is 4.98. The van der Waals surface area contributed by atoms with Crippen molar-refractivity contribution >= 4 is 17.7 Å². The van der Waals surface area contributed by atoms with Crippen LogP contribution in [0.2, 0.25) is 0 Å². The largest absolute Gasteiger partial charge is 0.349 e. The number of benzene rings is 1. The molecule has 2 rings (SSSR count). The number of amides is 1. The standard InChI is InChI=1S/C16H19FN4OS/c1-3-4-5-15(22)18-10-14-19-20-16(21(14)2)23-11-12-6-8-13(17)9-7-12/h3,6-9H,1,4-5,10-11H2,2H3,(H,18,22). The molecule has 0 saturated heterocycles. The Morgan fingerprint density at radius 3 is 2.83 bits per heavy atom. The number of allylic oxidation sites excluding steroid dienone is 1. The van der Waals surface area contributed by atoms with Crippen LogP contribution in [0.3, 0.4) is 0 Å². The molecule has 1 aromatic carbocycles. The third-order valence-corrected chi connectivity index (χ3v) is 4.32. The zero-order valence-corrected chi connectivity index (χ0v) is 13.8. The van der Waals surface area contributed by atoms with E-state index in [-0.39, 0.29) is 11.7 Å². The molecule has 0 unspecified atom stereocenters. The maximum Gasteiger partial charge on any atom is 0.220 e. The van der Waals surface area contributed by atoms with Crippen molar-refractivity contribution in [2.24, 2.45) is 7.05 Å². The lowest BCUT2D eigenvalue weighted by Crippen LogP contribution is -2.23. The maximum absolute atomic E-state index is 12.9. The van der Waals surface area contributed by atoms with E-state index in [0.717, 1.165) is 10.7 Å². The van der Waals surface area contributed by atoms with Crippen molar-refractivity contribution in [1.82, 2.24) is 20.1 Å². The number of nitrogens with one attached hydrogen (secondary N) is 1. The van der Waals surface area contributed by atoms with Crippen LogP contribution in [-0.2, 0) is 24.1 Å². The fourth-order valence-corrected chi connectivity index (χ4v) is 2.74. The lowest BCUT2D eigenvalue weighted by Gasteiger charge is -2.05. The van der Waals surface area contributed by atoms with Gasteiger partial charge in [-0.05, 0) is 24.1 Å². The van der Waals surface area contributed by atoms with E-state index in [1.807, 2.05) is 11.6 Å². The molecule has 1 aromatic heterocycles. The Kier molecular flexibility index (Phi) is 6.34. The summed E-state index contributed by atoms with van der Waals surface area (Å²) >= 11 is 1.52. The molecule has 0 aliphatic carbocycles. The van der Waals surface area contributed by atoms with Crippen molar-refractivity contribution in [2.45, 2.75) is 30.3 Å². The highest BCUT2D eigenvalue weighted by atomic mass is 32.2. The van der Waals surface area contributed by atoms with E-state index in [9.17, 15) is 9.18 Å². The number of carbonyl (C=O) groups is 1. The molecular weight excluding hydrogens is 315 g/mol. The van der Waals surface area contributed by atoms with E-state index in [1.54, 1.807) is 18.2 Å². The normalized spacial score (nSPS) is 10.5. The summed E-state index contributed by atoms with van der Waals surface area (Å²) in [5.41, 5.74) is 1.01. The van der Waals surface area contributed by atoms with Gasteiger partial charge in [-0.15, -0.1) is 16.8 Å². The Morgan fingerprint density at radius 2 is 2.13 bits per heavy atom. The van der Waals surface area contributed by atoms with Gasteiger partial charge in [0.15, 0.2) is 11.0 Å². The van der Waals surface area contributed by atoms with Crippen molar-refractivity contribution in [3.63, 3.8) is 0 Å². The van der Waals surface area contributed by atoms with Crippen molar-refractivity contribution in [3.05, 3.63) is 54.1 Å². The van der Waals surface area contributed by atoms with Crippen LogP contribution in [-0.4, -0.2) is 20.7 Å². The second kappa shape index (κ2) is 8.47. The summed E-state index contributed by atoms with van der Waals surface area (Å²) in [7, 11) is 1.86. The molecule has 0 radical (unpaired) electrons. The summed E-state index contributed by atoms with van der Waals surface area (Å²) < 4.78 is 14.7. The lowest BCUT2D eigenvalue weighted by atomic mass is 10.2. The predicted molar refractivity (Wildman–Crippen MR) is 88.2 cm³/mol.